The summed E-state index contributed by atoms with van der Waals surface area (Å²) in [5, 5.41) is 8.79. The number of hydrogen-bond donors (Lipinski definition) is 0. The molecule has 0 N–H and O–H groups in total. The molecular formula is C23H20N6O2. The van der Waals surface area contributed by atoms with Gasteiger partial charge in [0.2, 0.25) is 0 Å². The number of methoxy groups -OCH3 is 2. The van der Waals surface area contributed by atoms with Gasteiger partial charge in [-0.2, -0.15) is 0 Å². The summed E-state index contributed by atoms with van der Waals surface area (Å²) in [6.45, 7) is 2.88. The maximum atomic E-state index is 5.45. The molecule has 0 aliphatic carbocycles. The summed E-state index contributed by atoms with van der Waals surface area (Å²) in [4.78, 5) is 8.82. The van der Waals surface area contributed by atoms with E-state index in [1.807, 2.05) is 42.0 Å². The first kappa shape index (κ1) is 19.0. The van der Waals surface area contributed by atoms with Gasteiger partial charge in [0.15, 0.2) is 11.6 Å². The van der Waals surface area contributed by atoms with Gasteiger partial charge in [0.25, 0.3) is 0 Å². The molecule has 0 bridgehead atoms. The Hall–Kier alpha value is -3.96. The van der Waals surface area contributed by atoms with Crippen molar-refractivity contribution in [2.45, 2.75) is 20.1 Å². The molecule has 0 amide bonds. The molecule has 0 spiro atoms. The first-order chi connectivity index (χ1) is 15.2. The number of nitrogens with zero attached hydrogens (tertiary/aromatic N) is 6. The van der Waals surface area contributed by atoms with E-state index < -0.39 is 0 Å². The van der Waals surface area contributed by atoms with Crippen LogP contribution in [0.15, 0.2) is 43.0 Å². The molecule has 0 unspecified atom stereocenters. The molecule has 3 aromatic heterocycles. The molecule has 1 aliphatic heterocycles. The number of aromatic nitrogens is 6. The van der Waals surface area contributed by atoms with E-state index in [0.29, 0.717) is 18.8 Å². The topological polar surface area (TPSA) is 79.9 Å². The Bertz CT molecular complexity index is 1340. The van der Waals surface area contributed by atoms with Crippen LogP contribution >= 0.6 is 0 Å². The van der Waals surface area contributed by atoms with Crippen molar-refractivity contribution in [2.24, 2.45) is 0 Å². The number of ether oxygens (including phenoxy) is 2. The predicted octanol–water partition coefficient (Wildman–Crippen LogP) is 2.75. The first-order valence-corrected chi connectivity index (χ1v) is 9.77. The fraction of sp³-hybridized carbons (Fsp3) is 0.217. The van der Waals surface area contributed by atoms with Crippen molar-refractivity contribution < 1.29 is 9.47 Å². The molecule has 8 nitrogen and oxygen atoms in total. The standard InChI is InChI=1S/C23H20N6O2/c1-15-8-16(11-24-10-15)4-6-19-21-12-28-22(13-30-2)26-27-23(28)18-9-17(31-3)5-7-20(18)29(21)14-25-19/h5,7-11,14H,12-13H2,1-3H3. The van der Waals surface area contributed by atoms with Gasteiger partial charge in [-0.25, -0.2) is 4.98 Å². The quantitative estimate of drug-likeness (QED) is 0.424. The van der Waals surface area contributed by atoms with Crippen LogP contribution in [-0.4, -0.2) is 43.5 Å². The number of hydrogen-bond acceptors (Lipinski definition) is 6. The molecule has 8 heteroatoms. The van der Waals surface area contributed by atoms with Gasteiger partial charge in [0.1, 0.15) is 24.4 Å². The Morgan fingerprint density at radius 3 is 2.81 bits per heavy atom. The zero-order valence-corrected chi connectivity index (χ0v) is 17.5. The minimum absolute atomic E-state index is 0.358. The molecule has 5 rings (SSSR count). The Morgan fingerprint density at radius 2 is 2.00 bits per heavy atom. The molecule has 4 aromatic rings. The molecule has 0 fully saturated rings. The van der Waals surface area contributed by atoms with Crippen molar-refractivity contribution in [3.05, 3.63) is 71.3 Å². The minimum Gasteiger partial charge on any atom is -0.497 e. The van der Waals surface area contributed by atoms with Gasteiger partial charge in [-0.05, 0) is 42.7 Å². The van der Waals surface area contributed by atoms with Gasteiger partial charge < -0.3 is 14.0 Å². The van der Waals surface area contributed by atoms with E-state index in [1.54, 1.807) is 26.7 Å². The molecule has 0 saturated carbocycles. The number of rotatable bonds is 3. The van der Waals surface area contributed by atoms with Crippen molar-refractivity contribution in [1.29, 1.82) is 0 Å². The smallest absolute Gasteiger partial charge is 0.166 e. The van der Waals surface area contributed by atoms with E-state index >= 15 is 0 Å². The molecule has 1 aromatic carbocycles. The lowest BCUT2D eigenvalue weighted by Crippen LogP contribution is -2.09. The average molecular weight is 412 g/mol. The van der Waals surface area contributed by atoms with E-state index in [1.165, 1.54) is 0 Å². The van der Waals surface area contributed by atoms with Gasteiger partial charge in [-0.1, -0.05) is 5.92 Å². The van der Waals surface area contributed by atoms with Crippen LogP contribution in [0.25, 0.3) is 17.1 Å². The van der Waals surface area contributed by atoms with Crippen molar-refractivity contribution in [2.75, 3.05) is 14.2 Å². The Labute approximate surface area is 179 Å². The Morgan fingerprint density at radius 1 is 1.10 bits per heavy atom. The molecular weight excluding hydrogens is 392 g/mol. The highest BCUT2D eigenvalue weighted by Gasteiger charge is 2.26. The van der Waals surface area contributed by atoms with E-state index in [9.17, 15) is 0 Å². The average Bonchev–Trinajstić information content (AvgIpc) is 3.33. The van der Waals surface area contributed by atoms with Crippen molar-refractivity contribution in [1.82, 2.24) is 29.3 Å². The summed E-state index contributed by atoms with van der Waals surface area (Å²) in [5.41, 5.74) is 5.43. The van der Waals surface area contributed by atoms with E-state index in [0.717, 1.165) is 45.5 Å². The van der Waals surface area contributed by atoms with Crippen LogP contribution in [0.5, 0.6) is 5.75 Å². The van der Waals surface area contributed by atoms with Crippen LogP contribution in [0.3, 0.4) is 0 Å². The predicted molar refractivity (Wildman–Crippen MR) is 114 cm³/mol. The van der Waals surface area contributed by atoms with Crippen molar-refractivity contribution >= 4 is 0 Å². The van der Waals surface area contributed by atoms with Gasteiger partial charge in [-0.15, -0.1) is 10.2 Å². The zero-order chi connectivity index (χ0) is 21.4. The zero-order valence-electron chi connectivity index (χ0n) is 17.5. The highest BCUT2D eigenvalue weighted by molar-refractivity contribution is 5.71. The van der Waals surface area contributed by atoms with E-state index in [-0.39, 0.29) is 0 Å². The third kappa shape index (κ3) is 3.35. The lowest BCUT2D eigenvalue weighted by atomic mass is 10.1. The summed E-state index contributed by atoms with van der Waals surface area (Å²) in [6, 6.07) is 7.89. The number of pyridine rings is 1. The highest BCUT2D eigenvalue weighted by atomic mass is 16.5. The number of aryl methyl sites for hydroxylation is 1. The van der Waals surface area contributed by atoms with Crippen molar-refractivity contribution in [3.8, 4) is 34.7 Å². The van der Waals surface area contributed by atoms with Gasteiger partial charge in [-0.3, -0.25) is 9.55 Å². The minimum atomic E-state index is 0.358. The summed E-state index contributed by atoms with van der Waals surface area (Å²) in [7, 11) is 3.29. The van der Waals surface area contributed by atoms with Gasteiger partial charge >= 0.3 is 0 Å². The van der Waals surface area contributed by atoms with Crippen molar-refractivity contribution in [3.63, 3.8) is 0 Å². The second kappa shape index (κ2) is 7.70. The van der Waals surface area contributed by atoms with E-state index in [2.05, 4.69) is 36.6 Å². The third-order valence-electron chi connectivity index (χ3n) is 5.18. The maximum absolute atomic E-state index is 5.45. The molecule has 0 radical (unpaired) electrons. The fourth-order valence-corrected chi connectivity index (χ4v) is 3.71. The molecule has 4 heterocycles. The Balaban J connectivity index is 1.68. The molecule has 0 atom stereocenters. The molecule has 1 aliphatic rings. The van der Waals surface area contributed by atoms with Gasteiger partial charge in [0, 0.05) is 30.6 Å². The molecule has 154 valence electrons. The normalized spacial score (nSPS) is 11.6. The summed E-state index contributed by atoms with van der Waals surface area (Å²) in [6.07, 6.45) is 5.36. The fourth-order valence-electron chi connectivity index (χ4n) is 3.71. The maximum Gasteiger partial charge on any atom is 0.166 e. The van der Waals surface area contributed by atoms with Crippen LogP contribution in [0.2, 0.25) is 0 Å². The number of imidazole rings is 1. The number of benzene rings is 1. The largest absolute Gasteiger partial charge is 0.497 e. The van der Waals surface area contributed by atoms with Crippen LogP contribution in [0.4, 0.5) is 0 Å². The molecule has 0 saturated heterocycles. The monoisotopic (exact) mass is 412 g/mol. The lowest BCUT2D eigenvalue weighted by molar-refractivity contribution is 0.174. The van der Waals surface area contributed by atoms with Crippen LogP contribution in [-0.2, 0) is 17.9 Å². The summed E-state index contributed by atoms with van der Waals surface area (Å²) >= 11 is 0. The van der Waals surface area contributed by atoms with Gasteiger partial charge in [0.05, 0.1) is 25.0 Å². The summed E-state index contributed by atoms with van der Waals surface area (Å²) in [5.74, 6) is 8.65. The second-order valence-corrected chi connectivity index (χ2v) is 7.25. The molecule has 31 heavy (non-hydrogen) atoms. The lowest BCUT2D eigenvalue weighted by Gasteiger charge is -2.09. The van der Waals surface area contributed by atoms with Crippen LogP contribution in [0.1, 0.15) is 28.3 Å². The number of fused-ring (bicyclic) bond motifs is 5. The SMILES string of the molecule is COCc1nnc2n1Cc1c(C#Cc3cncc(C)c3)ncn1-c1ccc(OC)cc1-2. The second-order valence-electron chi connectivity index (χ2n) is 7.25. The third-order valence-corrected chi connectivity index (χ3v) is 5.18. The highest BCUT2D eigenvalue weighted by Crippen LogP contribution is 2.34. The van der Waals surface area contributed by atoms with E-state index in [4.69, 9.17) is 9.47 Å². The first-order valence-electron chi connectivity index (χ1n) is 9.77. The summed E-state index contributed by atoms with van der Waals surface area (Å²) < 4.78 is 14.9. The van der Waals surface area contributed by atoms with Crippen LogP contribution in [0, 0.1) is 18.8 Å². The van der Waals surface area contributed by atoms with Crippen LogP contribution < -0.4 is 4.74 Å². The Kier molecular flexibility index (Phi) is 4.73.